The predicted molar refractivity (Wildman–Crippen MR) is 210 cm³/mol. The molecule has 292 valence electrons. The van der Waals surface area contributed by atoms with Gasteiger partial charge in [0.25, 0.3) is 0 Å². The van der Waals surface area contributed by atoms with Crippen molar-refractivity contribution in [3.05, 3.63) is 24.3 Å². The third-order valence-electron chi connectivity index (χ3n) is 9.22. The van der Waals surface area contributed by atoms with Crippen molar-refractivity contribution < 1.29 is 28.6 Å². The van der Waals surface area contributed by atoms with Gasteiger partial charge in [-0.05, 0) is 44.9 Å². The van der Waals surface area contributed by atoms with Crippen LogP contribution in [0.15, 0.2) is 24.3 Å². The molecule has 0 heterocycles. The van der Waals surface area contributed by atoms with E-state index in [0.29, 0.717) is 19.3 Å². The minimum Gasteiger partial charge on any atom is -0.462 e. The summed E-state index contributed by atoms with van der Waals surface area (Å²) in [5, 5.41) is 0. The molecule has 0 aliphatic carbocycles. The van der Waals surface area contributed by atoms with Crippen LogP contribution in [0.2, 0.25) is 0 Å². The maximum atomic E-state index is 12.6. The van der Waals surface area contributed by atoms with E-state index in [0.717, 1.165) is 70.6 Å². The number of rotatable bonds is 38. The SMILES string of the molecule is CC/C=C\C/C=C\CCCCC(=O)OC(COC(=O)CCCCCCCCCCC)COC(=O)CCCCCCCCCCCCCCCC. The first kappa shape index (κ1) is 47.9. The van der Waals surface area contributed by atoms with Gasteiger partial charge in [0, 0.05) is 19.3 Å². The first-order valence-electron chi connectivity index (χ1n) is 21.3. The van der Waals surface area contributed by atoms with Crippen molar-refractivity contribution >= 4 is 17.9 Å². The van der Waals surface area contributed by atoms with Gasteiger partial charge in [0.15, 0.2) is 6.10 Å². The molecule has 0 spiro atoms. The summed E-state index contributed by atoms with van der Waals surface area (Å²) in [6, 6.07) is 0. The molecule has 0 aromatic heterocycles. The monoisotopic (exact) mass is 705 g/mol. The van der Waals surface area contributed by atoms with Crippen molar-refractivity contribution in [3.63, 3.8) is 0 Å². The Morgan fingerprint density at radius 1 is 0.420 bits per heavy atom. The van der Waals surface area contributed by atoms with Crippen LogP contribution in [0.5, 0.6) is 0 Å². The Morgan fingerprint density at radius 2 is 0.780 bits per heavy atom. The number of carbonyl (C=O) groups excluding carboxylic acids is 3. The Bertz CT molecular complexity index is 819. The molecule has 0 saturated carbocycles. The van der Waals surface area contributed by atoms with E-state index in [9.17, 15) is 14.4 Å². The molecule has 0 aliphatic rings. The van der Waals surface area contributed by atoms with Crippen LogP contribution < -0.4 is 0 Å². The Hall–Kier alpha value is -2.11. The van der Waals surface area contributed by atoms with Crippen LogP contribution in [-0.2, 0) is 28.6 Å². The number of ether oxygens (including phenoxy) is 3. The van der Waals surface area contributed by atoms with Crippen molar-refractivity contribution in [1.82, 2.24) is 0 Å². The zero-order valence-corrected chi connectivity index (χ0v) is 33.2. The standard InChI is InChI=1S/C44H80O6/c1-4-7-10-13-16-19-20-21-22-23-26-28-31-34-37-43(46)49-40-41(50-44(47)38-35-32-29-25-18-15-12-9-6-3)39-48-42(45)36-33-30-27-24-17-14-11-8-5-2/h9,12,18,25,41H,4-8,10-11,13-17,19-24,26-40H2,1-3H3/b12-9-,25-18-. The Kier molecular flexibility index (Phi) is 38.0. The number of allylic oxidation sites excluding steroid dienone is 4. The number of hydrogen-bond donors (Lipinski definition) is 0. The lowest BCUT2D eigenvalue weighted by Crippen LogP contribution is -2.30. The number of esters is 3. The minimum absolute atomic E-state index is 0.0808. The lowest BCUT2D eigenvalue weighted by molar-refractivity contribution is -0.167. The van der Waals surface area contributed by atoms with Crippen molar-refractivity contribution in [2.45, 2.75) is 226 Å². The predicted octanol–water partition coefficient (Wildman–Crippen LogP) is 13.2. The van der Waals surface area contributed by atoms with Gasteiger partial charge in [0.1, 0.15) is 13.2 Å². The highest BCUT2D eigenvalue weighted by Crippen LogP contribution is 2.15. The van der Waals surface area contributed by atoms with Crippen LogP contribution in [0.25, 0.3) is 0 Å². The second-order valence-corrected chi connectivity index (χ2v) is 14.2. The fourth-order valence-electron chi connectivity index (χ4n) is 6.01. The maximum Gasteiger partial charge on any atom is 0.306 e. The maximum absolute atomic E-state index is 12.6. The highest BCUT2D eigenvalue weighted by Gasteiger charge is 2.19. The van der Waals surface area contributed by atoms with E-state index >= 15 is 0 Å². The Balaban J connectivity index is 4.32. The molecule has 0 fully saturated rings. The molecule has 0 aromatic carbocycles. The van der Waals surface area contributed by atoms with Crippen LogP contribution in [0.1, 0.15) is 220 Å². The lowest BCUT2D eigenvalue weighted by Gasteiger charge is -2.18. The van der Waals surface area contributed by atoms with E-state index in [-0.39, 0.29) is 31.1 Å². The fraction of sp³-hybridized carbons (Fsp3) is 0.841. The first-order valence-corrected chi connectivity index (χ1v) is 21.3. The second kappa shape index (κ2) is 39.7. The molecular weight excluding hydrogens is 624 g/mol. The molecule has 0 aliphatic heterocycles. The zero-order valence-electron chi connectivity index (χ0n) is 33.2. The zero-order chi connectivity index (χ0) is 36.6. The molecule has 1 atom stereocenters. The topological polar surface area (TPSA) is 78.9 Å². The van der Waals surface area contributed by atoms with E-state index in [1.54, 1.807) is 0 Å². The van der Waals surface area contributed by atoms with Crippen molar-refractivity contribution in [2.75, 3.05) is 13.2 Å². The molecule has 0 radical (unpaired) electrons. The lowest BCUT2D eigenvalue weighted by atomic mass is 10.0. The number of hydrogen-bond acceptors (Lipinski definition) is 6. The normalized spacial score (nSPS) is 12.1. The molecule has 6 nitrogen and oxygen atoms in total. The molecular formula is C44H80O6. The summed E-state index contributed by atoms with van der Waals surface area (Å²) in [4.78, 5) is 37.5. The molecule has 0 bridgehead atoms. The van der Waals surface area contributed by atoms with Gasteiger partial charge in [0.2, 0.25) is 0 Å². The largest absolute Gasteiger partial charge is 0.462 e. The van der Waals surface area contributed by atoms with Crippen LogP contribution in [0, 0.1) is 0 Å². The van der Waals surface area contributed by atoms with Gasteiger partial charge in [-0.25, -0.2) is 0 Å². The molecule has 50 heavy (non-hydrogen) atoms. The van der Waals surface area contributed by atoms with Gasteiger partial charge < -0.3 is 14.2 Å². The molecule has 0 aromatic rings. The molecule has 0 rings (SSSR count). The summed E-state index contributed by atoms with van der Waals surface area (Å²) in [6.07, 6.45) is 41.7. The summed E-state index contributed by atoms with van der Waals surface area (Å²) in [5.74, 6) is -0.919. The smallest absolute Gasteiger partial charge is 0.306 e. The van der Waals surface area contributed by atoms with E-state index in [1.165, 1.54) is 109 Å². The Morgan fingerprint density at radius 3 is 1.20 bits per heavy atom. The highest BCUT2D eigenvalue weighted by molar-refractivity contribution is 5.71. The van der Waals surface area contributed by atoms with Crippen LogP contribution in [0.3, 0.4) is 0 Å². The van der Waals surface area contributed by atoms with E-state index in [1.807, 2.05) is 0 Å². The number of carbonyl (C=O) groups is 3. The first-order chi connectivity index (χ1) is 24.5. The summed E-state index contributed by atoms with van der Waals surface area (Å²) < 4.78 is 16.6. The molecule has 0 N–H and O–H groups in total. The number of unbranched alkanes of at least 4 members (excludes halogenated alkanes) is 23. The molecule has 6 heteroatoms. The average molecular weight is 705 g/mol. The molecule has 1 unspecified atom stereocenters. The summed E-state index contributed by atoms with van der Waals surface area (Å²) in [7, 11) is 0. The van der Waals surface area contributed by atoms with Gasteiger partial charge in [0.05, 0.1) is 0 Å². The second-order valence-electron chi connectivity index (χ2n) is 14.2. The molecule has 0 amide bonds. The van der Waals surface area contributed by atoms with Gasteiger partial charge in [-0.1, -0.05) is 180 Å². The third kappa shape index (κ3) is 37.2. The molecule has 0 saturated heterocycles. The third-order valence-corrected chi connectivity index (χ3v) is 9.22. The van der Waals surface area contributed by atoms with Gasteiger partial charge in [-0.15, -0.1) is 0 Å². The minimum atomic E-state index is -0.778. The Labute approximate surface area is 309 Å². The van der Waals surface area contributed by atoms with Crippen LogP contribution >= 0.6 is 0 Å². The van der Waals surface area contributed by atoms with Crippen molar-refractivity contribution in [2.24, 2.45) is 0 Å². The van der Waals surface area contributed by atoms with E-state index in [4.69, 9.17) is 14.2 Å². The van der Waals surface area contributed by atoms with Crippen molar-refractivity contribution in [1.29, 1.82) is 0 Å². The quantitative estimate of drug-likeness (QED) is 0.0275. The van der Waals surface area contributed by atoms with E-state index < -0.39 is 6.10 Å². The average Bonchev–Trinajstić information content (AvgIpc) is 3.11. The fourth-order valence-corrected chi connectivity index (χ4v) is 6.01. The van der Waals surface area contributed by atoms with Gasteiger partial charge in [-0.3, -0.25) is 14.4 Å². The van der Waals surface area contributed by atoms with Gasteiger partial charge >= 0.3 is 17.9 Å². The van der Waals surface area contributed by atoms with E-state index in [2.05, 4.69) is 45.1 Å². The van der Waals surface area contributed by atoms with Gasteiger partial charge in [-0.2, -0.15) is 0 Å². The summed E-state index contributed by atoms with van der Waals surface area (Å²) in [6.45, 7) is 6.46. The van der Waals surface area contributed by atoms with Crippen LogP contribution in [0.4, 0.5) is 0 Å². The van der Waals surface area contributed by atoms with Crippen LogP contribution in [-0.4, -0.2) is 37.2 Å². The summed E-state index contributed by atoms with van der Waals surface area (Å²) >= 11 is 0. The highest BCUT2D eigenvalue weighted by atomic mass is 16.6. The van der Waals surface area contributed by atoms with Crippen molar-refractivity contribution in [3.8, 4) is 0 Å². The summed E-state index contributed by atoms with van der Waals surface area (Å²) in [5.41, 5.74) is 0.